The summed E-state index contributed by atoms with van der Waals surface area (Å²) in [6.07, 6.45) is 0. The summed E-state index contributed by atoms with van der Waals surface area (Å²) in [6.45, 7) is 3.66. The van der Waals surface area contributed by atoms with Gasteiger partial charge in [0.2, 0.25) is 5.91 Å². The lowest BCUT2D eigenvalue weighted by Gasteiger charge is -2.25. The molecule has 0 atom stereocenters. The molecule has 0 unspecified atom stereocenters. The highest BCUT2D eigenvalue weighted by molar-refractivity contribution is 9.10. The third-order valence-electron chi connectivity index (χ3n) is 3.27. The lowest BCUT2D eigenvalue weighted by atomic mass is 9.83. The fourth-order valence-electron chi connectivity index (χ4n) is 1.94. The van der Waals surface area contributed by atoms with E-state index in [1.807, 2.05) is 38.1 Å². The molecule has 0 bridgehead atoms. The van der Waals surface area contributed by atoms with E-state index in [-0.39, 0.29) is 5.91 Å². The first-order valence-electron chi connectivity index (χ1n) is 6.33. The van der Waals surface area contributed by atoms with Gasteiger partial charge < -0.3 is 5.32 Å². The van der Waals surface area contributed by atoms with Crippen LogP contribution in [0.2, 0.25) is 10.0 Å². The molecule has 2 aromatic carbocycles. The first-order chi connectivity index (χ1) is 9.80. The van der Waals surface area contributed by atoms with E-state index < -0.39 is 5.41 Å². The molecule has 0 aliphatic heterocycles. The van der Waals surface area contributed by atoms with Gasteiger partial charge in [0.15, 0.2) is 0 Å². The van der Waals surface area contributed by atoms with Crippen LogP contribution in [0.1, 0.15) is 19.4 Å². The second-order valence-electron chi connectivity index (χ2n) is 5.21. The van der Waals surface area contributed by atoms with Gasteiger partial charge in [-0.15, -0.1) is 0 Å². The van der Waals surface area contributed by atoms with Gasteiger partial charge in [-0.1, -0.05) is 45.2 Å². The predicted molar refractivity (Wildman–Crippen MR) is 92.3 cm³/mol. The number of hydrogen-bond acceptors (Lipinski definition) is 1. The lowest BCUT2D eigenvalue weighted by Crippen LogP contribution is -2.35. The third-order valence-corrected chi connectivity index (χ3v) is 4.35. The molecule has 5 heteroatoms. The van der Waals surface area contributed by atoms with Crippen molar-refractivity contribution >= 4 is 50.7 Å². The highest BCUT2D eigenvalue weighted by atomic mass is 79.9. The fraction of sp³-hybridized carbons (Fsp3) is 0.188. The Balaban J connectivity index is 2.25. The molecule has 0 aromatic heterocycles. The first kappa shape index (κ1) is 16.3. The fourth-order valence-corrected chi connectivity index (χ4v) is 2.85. The summed E-state index contributed by atoms with van der Waals surface area (Å²) < 4.78 is 0.959. The van der Waals surface area contributed by atoms with Gasteiger partial charge in [0, 0.05) is 20.2 Å². The average molecular weight is 387 g/mol. The van der Waals surface area contributed by atoms with Crippen molar-refractivity contribution in [3.63, 3.8) is 0 Å². The van der Waals surface area contributed by atoms with E-state index in [9.17, 15) is 4.79 Å². The van der Waals surface area contributed by atoms with Crippen molar-refractivity contribution in [2.24, 2.45) is 0 Å². The molecule has 0 fully saturated rings. The highest BCUT2D eigenvalue weighted by Crippen LogP contribution is 2.33. The molecule has 1 amide bonds. The smallest absolute Gasteiger partial charge is 0.234 e. The molecule has 0 saturated carbocycles. The largest absolute Gasteiger partial charge is 0.325 e. The quantitative estimate of drug-likeness (QED) is 0.722. The minimum absolute atomic E-state index is 0.131. The molecule has 0 saturated heterocycles. The predicted octanol–water partition coefficient (Wildman–Crippen LogP) is 5.67. The number of carbonyl (C=O) groups is 1. The number of amides is 1. The van der Waals surface area contributed by atoms with Gasteiger partial charge in [0.05, 0.1) is 5.41 Å². The molecular weight excluding hydrogens is 373 g/mol. The zero-order valence-electron chi connectivity index (χ0n) is 11.6. The number of carbonyl (C=O) groups excluding carboxylic acids is 1. The van der Waals surface area contributed by atoms with E-state index >= 15 is 0 Å². The Labute approximate surface area is 142 Å². The van der Waals surface area contributed by atoms with Crippen molar-refractivity contribution in [2.45, 2.75) is 19.3 Å². The zero-order valence-corrected chi connectivity index (χ0v) is 14.7. The van der Waals surface area contributed by atoms with Crippen molar-refractivity contribution in [1.82, 2.24) is 0 Å². The second-order valence-corrected chi connectivity index (χ2v) is 6.97. The standard InChI is InChI=1S/C16H14BrCl2NO/c1-16(2,13-8-5-11(18)9-14(13)19)15(21)20-12-6-3-10(17)4-7-12/h3-9H,1-2H3,(H,20,21). The van der Waals surface area contributed by atoms with Crippen LogP contribution in [0, 0.1) is 0 Å². The van der Waals surface area contributed by atoms with E-state index in [0.29, 0.717) is 10.0 Å². The van der Waals surface area contributed by atoms with Gasteiger partial charge in [-0.05, 0) is 55.8 Å². The van der Waals surface area contributed by atoms with Crippen LogP contribution in [0.4, 0.5) is 5.69 Å². The van der Waals surface area contributed by atoms with E-state index in [1.54, 1.807) is 18.2 Å². The minimum Gasteiger partial charge on any atom is -0.325 e. The Morgan fingerprint density at radius 2 is 1.71 bits per heavy atom. The van der Waals surface area contributed by atoms with Crippen molar-refractivity contribution < 1.29 is 4.79 Å². The summed E-state index contributed by atoms with van der Waals surface area (Å²) in [5.74, 6) is -0.131. The van der Waals surface area contributed by atoms with Crippen LogP contribution >= 0.6 is 39.1 Å². The topological polar surface area (TPSA) is 29.1 Å². The van der Waals surface area contributed by atoms with E-state index in [4.69, 9.17) is 23.2 Å². The van der Waals surface area contributed by atoms with Gasteiger partial charge >= 0.3 is 0 Å². The molecule has 2 aromatic rings. The maximum Gasteiger partial charge on any atom is 0.234 e. The van der Waals surface area contributed by atoms with Crippen molar-refractivity contribution in [3.8, 4) is 0 Å². The summed E-state index contributed by atoms with van der Waals surface area (Å²) in [5.41, 5.74) is 0.707. The van der Waals surface area contributed by atoms with Crippen LogP contribution in [0.25, 0.3) is 0 Å². The summed E-state index contributed by atoms with van der Waals surface area (Å²) in [4.78, 5) is 12.5. The molecule has 0 radical (unpaired) electrons. The van der Waals surface area contributed by atoms with E-state index in [2.05, 4.69) is 21.2 Å². The van der Waals surface area contributed by atoms with Crippen LogP contribution in [0.5, 0.6) is 0 Å². The summed E-state index contributed by atoms with van der Waals surface area (Å²) in [7, 11) is 0. The number of benzene rings is 2. The van der Waals surface area contributed by atoms with Crippen LogP contribution < -0.4 is 5.32 Å². The monoisotopic (exact) mass is 385 g/mol. The van der Waals surface area contributed by atoms with Crippen LogP contribution in [0.3, 0.4) is 0 Å². The number of rotatable bonds is 3. The summed E-state index contributed by atoms with van der Waals surface area (Å²) in [5, 5.41) is 3.93. The minimum atomic E-state index is -0.769. The first-order valence-corrected chi connectivity index (χ1v) is 7.88. The van der Waals surface area contributed by atoms with Gasteiger partial charge in [-0.25, -0.2) is 0 Å². The lowest BCUT2D eigenvalue weighted by molar-refractivity contribution is -0.120. The van der Waals surface area contributed by atoms with E-state index in [0.717, 1.165) is 15.7 Å². The van der Waals surface area contributed by atoms with Crippen LogP contribution in [-0.4, -0.2) is 5.91 Å². The Hall–Kier alpha value is -1.03. The van der Waals surface area contributed by atoms with Crippen LogP contribution in [-0.2, 0) is 10.2 Å². The second kappa shape index (κ2) is 6.39. The Morgan fingerprint density at radius 1 is 1.10 bits per heavy atom. The van der Waals surface area contributed by atoms with Crippen molar-refractivity contribution in [1.29, 1.82) is 0 Å². The summed E-state index contributed by atoms with van der Waals surface area (Å²) in [6, 6.07) is 12.6. The Kier molecular flexibility index (Phi) is 4.97. The Morgan fingerprint density at radius 3 is 2.29 bits per heavy atom. The van der Waals surface area contributed by atoms with Crippen LogP contribution in [0.15, 0.2) is 46.9 Å². The van der Waals surface area contributed by atoms with Gasteiger partial charge in [-0.2, -0.15) is 0 Å². The van der Waals surface area contributed by atoms with Gasteiger partial charge in [0.25, 0.3) is 0 Å². The molecule has 0 spiro atoms. The van der Waals surface area contributed by atoms with Crippen molar-refractivity contribution in [2.75, 3.05) is 5.32 Å². The molecule has 110 valence electrons. The molecule has 2 rings (SSSR count). The molecule has 0 heterocycles. The van der Waals surface area contributed by atoms with Gasteiger partial charge in [0.1, 0.15) is 0 Å². The molecule has 1 N–H and O–H groups in total. The maximum absolute atomic E-state index is 12.5. The molecule has 21 heavy (non-hydrogen) atoms. The van der Waals surface area contributed by atoms with Gasteiger partial charge in [-0.3, -0.25) is 4.79 Å². The molecular formula is C16H14BrCl2NO. The number of nitrogens with one attached hydrogen (secondary N) is 1. The molecule has 2 nitrogen and oxygen atoms in total. The average Bonchev–Trinajstić information content (AvgIpc) is 2.40. The van der Waals surface area contributed by atoms with E-state index in [1.165, 1.54) is 0 Å². The number of anilines is 1. The normalized spacial score (nSPS) is 11.3. The van der Waals surface area contributed by atoms with Crippen molar-refractivity contribution in [3.05, 3.63) is 62.5 Å². The number of halogens is 3. The highest BCUT2D eigenvalue weighted by Gasteiger charge is 2.31. The third kappa shape index (κ3) is 3.79. The molecule has 0 aliphatic carbocycles. The SMILES string of the molecule is CC(C)(C(=O)Nc1ccc(Br)cc1)c1ccc(Cl)cc1Cl. The Bertz CT molecular complexity index is 668. The zero-order chi connectivity index (χ0) is 15.6. The molecule has 0 aliphatic rings. The maximum atomic E-state index is 12.5. The number of hydrogen-bond donors (Lipinski definition) is 1. The summed E-state index contributed by atoms with van der Waals surface area (Å²) >= 11 is 15.5.